The van der Waals surface area contributed by atoms with Crippen molar-refractivity contribution in [3.8, 4) is 0 Å². The SMILES string of the molecule is C=CCN(C)CC1CC(c2ccc(CO)cc2)OC(c2cccc(NC(=O)NC34CC5CC(CC(C5)C3)C4)c2)O1. The fraction of sp³-hybridized carbons (Fsp3) is 0.545. The molecule has 4 aliphatic carbocycles. The van der Waals surface area contributed by atoms with Crippen LogP contribution in [0.5, 0.6) is 0 Å². The molecule has 1 heterocycles. The van der Waals surface area contributed by atoms with E-state index in [2.05, 4.69) is 29.2 Å². The van der Waals surface area contributed by atoms with E-state index in [0.717, 1.165) is 78.9 Å². The lowest BCUT2D eigenvalue weighted by Gasteiger charge is -2.56. The van der Waals surface area contributed by atoms with Crippen LogP contribution in [-0.4, -0.2) is 47.8 Å². The molecule has 7 heteroatoms. The molecule has 1 saturated heterocycles. The van der Waals surface area contributed by atoms with Gasteiger partial charge in [0, 0.05) is 36.3 Å². The van der Waals surface area contributed by atoms with Crippen molar-refractivity contribution >= 4 is 11.7 Å². The van der Waals surface area contributed by atoms with Crippen molar-refractivity contribution in [2.45, 2.75) is 75.6 Å². The minimum absolute atomic E-state index is 0.0166. The number of nitrogens with zero attached hydrogens (tertiary/aromatic N) is 1. The summed E-state index contributed by atoms with van der Waals surface area (Å²) in [5, 5.41) is 16.0. The molecule has 0 radical (unpaired) electrons. The van der Waals surface area contributed by atoms with Crippen LogP contribution in [0.25, 0.3) is 0 Å². The van der Waals surface area contributed by atoms with Crippen molar-refractivity contribution in [3.63, 3.8) is 0 Å². The predicted octanol–water partition coefficient (Wildman–Crippen LogP) is 5.93. The summed E-state index contributed by atoms with van der Waals surface area (Å²) < 4.78 is 13.0. The summed E-state index contributed by atoms with van der Waals surface area (Å²) >= 11 is 0. The van der Waals surface area contributed by atoms with Gasteiger partial charge in [-0.15, -0.1) is 6.58 Å². The summed E-state index contributed by atoms with van der Waals surface area (Å²) in [5.74, 6) is 2.34. The largest absolute Gasteiger partial charge is 0.392 e. The molecule has 7 nitrogen and oxygen atoms in total. The van der Waals surface area contributed by atoms with Gasteiger partial charge in [-0.25, -0.2) is 4.79 Å². The van der Waals surface area contributed by atoms with Crippen LogP contribution >= 0.6 is 0 Å². The average Bonchev–Trinajstić information content (AvgIpc) is 2.92. The van der Waals surface area contributed by atoms with Gasteiger partial charge in [0.05, 0.1) is 18.8 Å². The van der Waals surface area contributed by atoms with Crippen LogP contribution in [0.4, 0.5) is 10.5 Å². The van der Waals surface area contributed by atoms with Gasteiger partial charge in [-0.05, 0) is 86.6 Å². The number of rotatable bonds is 9. The number of benzene rings is 2. The summed E-state index contributed by atoms with van der Waals surface area (Å²) in [6.07, 6.45) is 9.29. The third kappa shape index (κ3) is 6.13. The maximum absolute atomic E-state index is 13.2. The third-order valence-corrected chi connectivity index (χ3v) is 9.40. The normalized spacial score (nSPS) is 32.7. The summed E-state index contributed by atoms with van der Waals surface area (Å²) in [7, 11) is 2.06. The van der Waals surface area contributed by atoms with E-state index < -0.39 is 6.29 Å². The maximum atomic E-state index is 13.2. The summed E-state index contributed by atoms with van der Waals surface area (Å²) in [6, 6.07) is 15.6. The van der Waals surface area contributed by atoms with Crippen molar-refractivity contribution in [2.24, 2.45) is 17.8 Å². The molecule has 3 atom stereocenters. The fourth-order valence-corrected chi connectivity index (χ4v) is 8.11. The quantitative estimate of drug-likeness (QED) is 0.340. The topological polar surface area (TPSA) is 83.1 Å². The number of carbonyl (C=O) groups excluding carboxylic acids is 1. The molecule has 2 aromatic rings. The van der Waals surface area contributed by atoms with Gasteiger partial charge in [-0.3, -0.25) is 0 Å². The predicted molar refractivity (Wildman–Crippen MR) is 156 cm³/mol. The number of hydrogen-bond acceptors (Lipinski definition) is 5. The van der Waals surface area contributed by atoms with Crippen molar-refractivity contribution < 1.29 is 19.4 Å². The third-order valence-electron chi connectivity index (χ3n) is 9.40. The number of aliphatic hydroxyl groups is 1. The Morgan fingerprint density at radius 3 is 2.38 bits per heavy atom. The number of aliphatic hydroxyl groups excluding tert-OH is 1. The first kappa shape index (κ1) is 27.5. The van der Waals surface area contributed by atoms with E-state index in [9.17, 15) is 9.90 Å². The number of urea groups is 1. The van der Waals surface area contributed by atoms with E-state index in [-0.39, 0.29) is 30.4 Å². The first-order valence-electron chi connectivity index (χ1n) is 14.9. The Morgan fingerprint density at radius 1 is 1.02 bits per heavy atom. The van der Waals surface area contributed by atoms with E-state index in [1.807, 2.05) is 54.6 Å². The van der Waals surface area contributed by atoms with Crippen LogP contribution in [0.3, 0.4) is 0 Å². The molecular formula is C33H43N3O4. The Morgan fingerprint density at radius 2 is 1.73 bits per heavy atom. The van der Waals surface area contributed by atoms with Gasteiger partial charge in [-0.1, -0.05) is 42.5 Å². The highest BCUT2D eigenvalue weighted by molar-refractivity contribution is 5.89. The summed E-state index contributed by atoms with van der Waals surface area (Å²) in [5.41, 5.74) is 3.52. The number of hydrogen-bond donors (Lipinski definition) is 3. The molecule has 4 bridgehead atoms. The number of anilines is 1. The smallest absolute Gasteiger partial charge is 0.319 e. The monoisotopic (exact) mass is 545 g/mol. The molecule has 5 fully saturated rings. The molecule has 2 amide bonds. The van der Waals surface area contributed by atoms with E-state index in [0.29, 0.717) is 0 Å². The molecule has 5 aliphatic rings. The van der Waals surface area contributed by atoms with Crippen LogP contribution in [0, 0.1) is 17.8 Å². The second-order valence-electron chi connectivity index (χ2n) is 12.8. The minimum Gasteiger partial charge on any atom is -0.392 e. The second-order valence-corrected chi connectivity index (χ2v) is 12.8. The molecule has 1 aliphatic heterocycles. The second kappa shape index (κ2) is 11.6. The van der Waals surface area contributed by atoms with Crippen molar-refractivity contribution in [1.82, 2.24) is 10.2 Å². The zero-order valence-electron chi connectivity index (χ0n) is 23.6. The highest BCUT2D eigenvalue weighted by Crippen LogP contribution is 2.55. The van der Waals surface area contributed by atoms with Gasteiger partial charge in [0.25, 0.3) is 0 Å². The van der Waals surface area contributed by atoms with E-state index in [1.54, 1.807) is 0 Å². The van der Waals surface area contributed by atoms with Crippen molar-refractivity contribution in [2.75, 3.05) is 25.5 Å². The molecule has 0 aromatic heterocycles. The summed E-state index contributed by atoms with van der Waals surface area (Å²) in [6.45, 7) is 5.41. The Hall–Kier alpha value is -2.71. The van der Waals surface area contributed by atoms with Gasteiger partial charge in [0.1, 0.15) is 0 Å². The lowest BCUT2D eigenvalue weighted by atomic mass is 9.53. The van der Waals surface area contributed by atoms with E-state index in [4.69, 9.17) is 9.47 Å². The van der Waals surface area contributed by atoms with Crippen LogP contribution in [0.1, 0.15) is 74.0 Å². The van der Waals surface area contributed by atoms with Gasteiger partial charge in [0.2, 0.25) is 0 Å². The Bertz CT molecular complexity index is 1160. The molecule has 0 spiro atoms. The molecule has 40 heavy (non-hydrogen) atoms. The Kier molecular flexibility index (Phi) is 8.00. The van der Waals surface area contributed by atoms with E-state index >= 15 is 0 Å². The standard InChI is InChI=1S/C33H43N3O4/c1-3-11-36(2)20-29-16-30(26-9-7-22(21-37)8-10-26)40-31(39-29)27-5-4-6-28(15-27)34-32(38)35-33-17-23-12-24(18-33)14-25(13-23)19-33/h3-10,15,23-25,29-31,37H,1,11-14,16-21H2,2H3,(H2,34,35,38). The van der Waals surface area contributed by atoms with Crippen molar-refractivity contribution in [3.05, 3.63) is 77.9 Å². The first-order chi connectivity index (χ1) is 19.4. The minimum atomic E-state index is -0.564. The first-order valence-corrected chi connectivity index (χ1v) is 14.9. The Balaban J connectivity index is 1.15. The highest BCUT2D eigenvalue weighted by atomic mass is 16.7. The fourth-order valence-electron chi connectivity index (χ4n) is 8.11. The number of likely N-dealkylation sites (N-methyl/N-ethyl adjacent to an activating group) is 1. The highest BCUT2D eigenvalue weighted by Gasteiger charge is 2.51. The zero-order chi connectivity index (χ0) is 27.7. The zero-order valence-corrected chi connectivity index (χ0v) is 23.6. The van der Waals surface area contributed by atoms with Crippen LogP contribution in [0.2, 0.25) is 0 Å². The number of ether oxygens (including phenoxy) is 2. The van der Waals surface area contributed by atoms with Gasteiger partial charge in [0.15, 0.2) is 6.29 Å². The van der Waals surface area contributed by atoms with Gasteiger partial charge in [-0.2, -0.15) is 0 Å². The lowest BCUT2D eigenvalue weighted by molar-refractivity contribution is -0.252. The average molecular weight is 546 g/mol. The maximum Gasteiger partial charge on any atom is 0.319 e. The summed E-state index contributed by atoms with van der Waals surface area (Å²) in [4.78, 5) is 15.4. The van der Waals surface area contributed by atoms with Gasteiger partial charge >= 0.3 is 6.03 Å². The van der Waals surface area contributed by atoms with Crippen molar-refractivity contribution in [1.29, 1.82) is 0 Å². The molecular weight excluding hydrogens is 502 g/mol. The van der Waals surface area contributed by atoms with Gasteiger partial charge < -0.3 is 30.1 Å². The van der Waals surface area contributed by atoms with E-state index in [1.165, 1.54) is 19.3 Å². The number of amides is 2. The van der Waals surface area contributed by atoms with Crippen LogP contribution < -0.4 is 10.6 Å². The molecule has 7 rings (SSSR count). The lowest BCUT2D eigenvalue weighted by Crippen LogP contribution is -2.60. The molecule has 214 valence electrons. The molecule has 3 N–H and O–H groups in total. The number of nitrogens with one attached hydrogen (secondary N) is 2. The van der Waals surface area contributed by atoms with Crippen LogP contribution in [0.15, 0.2) is 61.2 Å². The Labute approximate surface area is 237 Å². The molecule has 2 aromatic carbocycles. The molecule has 4 saturated carbocycles. The molecule has 3 unspecified atom stereocenters. The number of carbonyl (C=O) groups is 1. The van der Waals surface area contributed by atoms with Crippen LogP contribution in [-0.2, 0) is 16.1 Å².